The molecule has 0 unspecified atom stereocenters. The Hall–Kier alpha value is -1.10. The number of nitrogens with two attached hydrogens (primary N) is 1. The Morgan fingerprint density at radius 1 is 1.44 bits per heavy atom. The first kappa shape index (κ1) is 13.3. The smallest absolute Gasteiger partial charge is 0.0798 e. The molecule has 1 heterocycles. The third-order valence-corrected chi connectivity index (χ3v) is 4.05. The minimum absolute atomic E-state index is 0.488. The molecule has 5 heteroatoms. The Balaban J connectivity index is 2.23. The van der Waals surface area contributed by atoms with Crippen molar-refractivity contribution in [2.45, 2.75) is 20.0 Å². The fraction of sp³-hybridized carbons (Fsp3) is 0.308. The highest BCUT2D eigenvalue weighted by molar-refractivity contribution is 7.09. The van der Waals surface area contributed by atoms with E-state index in [-0.39, 0.29) is 0 Å². The molecule has 0 atom stereocenters. The van der Waals surface area contributed by atoms with Gasteiger partial charge in [-0.25, -0.2) is 4.98 Å². The number of rotatable bonds is 4. The van der Waals surface area contributed by atoms with E-state index < -0.39 is 0 Å². The van der Waals surface area contributed by atoms with Crippen molar-refractivity contribution in [2.24, 2.45) is 5.73 Å². The molecule has 0 aliphatic rings. The first-order chi connectivity index (χ1) is 8.61. The van der Waals surface area contributed by atoms with Crippen molar-refractivity contribution in [2.75, 3.05) is 11.9 Å². The summed E-state index contributed by atoms with van der Waals surface area (Å²) in [6.45, 7) is 3.36. The molecule has 18 heavy (non-hydrogen) atoms. The average Bonchev–Trinajstić information content (AvgIpc) is 2.74. The molecule has 3 nitrogen and oxygen atoms in total. The van der Waals surface area contributed by atoms with E-state index in [0.717, 1.165) is 28.5 Å². The minimum atomic E-state index is 0.488. The van der Waals surface area contributed by atoms with Crippen LogP contribution in [0.4, 0.5) is 5.69 Å². The van der Waals surface area contributed by atoms with Gasteiger partial charge in [-0.05, 0) is 30.7 Å². The summed E-state index contributed by atoms with van der Waals surface area (Å²) in [4.78, 5) is 7.72. The number of hydrogen-bond acceptors (Lipinski definition) is 4. The van der Waals surface area contributed by atoms with E-state index >= 15 is 0 Å². The fourth-order valence-electron chi connectivity index (χ4n) is 1.87. The molecule has 1 aromatic carbocycles. The second-order valence-corrected chi connectivity index (χ2v) is 5.57. The molecule has 96 valence electrons. The molecule has 0 fully saturated rings. The van der Waals surface area contributed by atoms with Crippen LogP contribution < -0.4 is 10.6 Å². The van der Waals surface area contributed by atoms with Crippen LogP contribution in [-0.2, 0) is 13.1 Å². The molecule has 0 saturated carbocycles. The Kier molecular flexibility index (Phi) is 4.22. The lowest BCUT2D eigenvalue weighted by Crippen LogP contribution is -2.18. The van der Waals surface area contributed by atoms with Crippen molar-refractivity contribution in [3.05, 3.63) is 44.9 Å². The largest absolute Gasteiger partial charge is 0.369 e. The summed E-state index contributed by atoms with van der Waals surface area (Å²) in [7, 11) is 2.06. The van der Waals surface area contributed by atoms with Crippen LogP contribution in [0, 0.1) is 6.92 Å². The van der Waals surface area contributed by atoms with Gasteiger partial charge in [0.25, 0.3) is 0 Å². The van der Waals surface area contributed by atoms with Crippen molar-refractivity contribution in [3.63, 3.8) is 0 Å². The Morgan fingerprint density at radius 3 is 2.83 bits per heavy atom. The van der Waals surface area contributed by atoms with E-state index in [1.807, 2.05) is 30.6 Å². The van der Waals surface area contributed by atoms with E-state index in [1.54, 1.807) is 11.3 Å². The van der Waals surface area contributed by atoms with Gasteiger partial charge in [-0.2, -0.15) is 0 Å². The molecule has 2 N–H and O–H groups in total. The Labute approximate surface area is 116 Å². The predicted octanol–water partition coefficient (Wildman–Crippen LogP) is 3.20. The van der Waals surface area contributed by atoms with Crippen molar-refractivity contribution in [1.82, 2.24) is 4.98 Å². The zero-order valence-corrected chi connectivity index (χ0v) is 12.1. The summed E-state index contributed by atoms with van der Waals surface area (Å²) in [5, 5.41) is 0.724. The molecule has 0 saturated heterocycles. The number of aryl methyl sites for hydroxylation is 1. The zero-order chi connectivity index (χ0) is 13.1. The third kappa shape index (κ3) is 2.83. The molecule has 0 bridgehead atoms. The van der Waals surface area contributed by atoms with E-state index in [1.165, 1.54) is 4.88 Å². The predicted molar refractivity (Wildman–Crippen MR) is 78.3 cm³/mol. The van der Waals surface area contributed by atoms with Gasteiger partial charge in [0.15, 0.2) is 0 Å². The summed E-state index contributed by atoms with van der Waals surface area (Å²) in [6.07, 6.45) is 0. The van der Waals surface area contributed by atoms with Crippen molar-refractivity contribution >= 4 is 28.6 Å². The summed E-state index contributed by atoms with van der Waals surface area (Å²) in [5.74, 6) is 0. The van der Waals surface area contributed by atoms with Crippen LogP contribution in [0.15, 0.2) is 23.7 Å². The second kappa shape index (κ2) is 5.69. The number of anilines is 1. The van der Waals surface area contributed by atoms with E-state index in [0.29, 0.717) is 6.54 Å². The number of nitrogens with zero attached hydrogens (tertiary/aromatic N) is 2. The maximum absolute atomic E-state index is 5.99. The normalized spacial score (nSPS) is 10.7. The molecular formula is C13H16ClN3S. The highest BCUT2D eigenvalue weighted by atomic mass is 35.5. The van der Waals surface area contributed by atoms with Crippen molar-refractivity contribution in [1.29, 1.82) is 0 Å². The summed E-state index contributed by atoms with van der Waals surface area (Å²) in [6, 6.07) is 5.83. The Morgan fingerprint density at radius 2 is 2.22 bits per heavy atom. The van der Waals surface area contributed by atoms with Crippen LogP contribution in [0.25, 0.3) is 0 Å². The molecule has 0 aliphatic carbocycles. The van der Waals surface area contributed by atoms with Crippen LogP contribution in [0.5, 0.6) is 0 Å². The molecule has 0 amide bonds. The van der Waals surface area contributed by atoms with Crippen molar-refractivity contribution < 1.29 is 0 Å². The summed E-state index contributed by atoms with van der Waals surface area (Å²) < 4.78 is 0. The number of halogens is 1. The lowest BCUT2D eigenvalue weighted by molar-refractivity contribution is 0.907. The number of aromatic nitrogens is 1. The zero-order valence-electron chi connectivity index (χ0n) is 10.5. The molecule has 1 aromatic heterocycles. The van der Waals surface area contributed by atoms with E-state index in [2.05, 4.69) is 16.9 Å². The molecule has 2 aromatic rings. The van der Waals surface area contributed by atoms with Gasteiger partial charge in [0.1, 0.15) is 0 Å². The maximum Gasteiger partial charge on any atom is 0.0798 e. The third-order valence-electron chi connectivity index (χ3n) is 2.90. The molecule has 2 rings (SSSR count). The van der Waals surface area contributed by atoms with Gasteiger partial charge < -0.3 is 10.6 Å². The average molecular weight is 282 g/mol. The fourth-order valence-corrected chi connectivity index (χ4v) is 2.89. The number of thiazole rings is 1. The van der Waals surface area contributed by atoms with Gasteiger partial charge in [-0.15, -0.1) is 11.3 Å². The van der Waals surface area contributed by atoms with Crippen LogP contribution in [0.1, 0.15) is 16.1 Å². The molecule has 0 spiro atoms. The quantitative estimate of drug-likeness (QED) is 0.936. The van der Waals surface area contributed by atoms with E-state index in [4.69, 9.17) is 17.3 Å². The molecule has 0 radical (unpaired) electrons. The van der Waals surface area contributed by atoms with Crippen molar-refractivity contribution in [3.8, 4) is 0 Å². The molecular weight excluding hydrogens is 266 g/mol. The summed E-state index contributed by atoms with van der Waals surface area (Å²) in [5.41, 5.74) is 10.9. The highest BCUT2D eigenvalue weighted by Gasteiger charge is 2.10. The number of benzene rings is 1. The van der Waals surface area contributed by atoms with Crippen LogP contribution in [-0.4, -0.2) is 12.0 Å². The monoisotopic (exact) mass is 281 g/mol. The van der Waals surface area contributed by atoms with Gasteiger partial charge in [0.2, 0.25) is 0 Å². The number of hydrogen-bond donors (Lipinski definition) is 1. The van der Waals surface area contributed by atoms with Crippen LogP contribution in [0.2, 0.25) is 5.02 Å². The van der Waals surface area contributed by atoms with Gasteiger partial charge >= 0.3 is 0 Å². The first-order valence-corrected chi connectivity index (χ1v) is 6.96. The van der Waals surface area contributed by atoms with Crippen LogP contribution in [0.3, 0.4) is 0 Å². The lowest BCUT2D eigenvalue weighted by Gasteiger charge is -2.22. The highest BCUT2D eigenvalue weighted by Crippen LogP contribution is 2.25. The summed E-state index contributed by atoms with van der Waals surface area (Å²) >= 11 is 7.67. The minimum Gasteiger partial charge on any atom is -0.369 e. The van der Waals surface area contributed by atoms with E-state index in [9.17, 15) is 0 Å². The van der Waals surface area contributed by atoms with Gasteiger partial charge in [-0.1, -0.05) is 11.6 Å². The maximum atomic E-state index is 5.99. The van der Waals surface area contributed by atoms with Gasteiger partial charge in [-0.3, -0.25) is 0 Å². The first-order valence-electron chi connectivity index (χ1n) is 5.70. The lowest BCUT2D eigenvalue weighted by atomic mass is 10.1. The standard InChI is InChI=1S/C13H16ClN3S/c1-9-13(18-8-16-9)7-17(2)12-4-3-11(14)5-10(12)6-15/h3-5,8H,6-7,15H2,1-2H3. The Bertz CT molecular complexity index is 539. The van der Waals surface area contributed by atoms with Crippen LogP contribution >= 0.6 is 22.9 Å². The molecule has 0 aliphatic heterocycles. The second-order valence-electron chi connectivity index (χ2n) is 4.19. The van der Waals surface area contributed by atoms with Gasteiger partial charge in [0.05, 0.1) is 17.7 Å². The topological polar surface area (TPSA) is 42.2 Å². The van der Waals surface area contributed by atoms with Gasteiger partial charge in [0, 0.05) is 29.2 Å². The SMILES string of the molecule is Cc1ncsc1CN(C)c1ccc(Cl)cc1CN.